The first kappa shape index (κ1) is 15.0. The summed E-state index contributed by atoms with van der Waals surface area (Å²) >= 11 is 1.41. The lowest BCUT2D eigenvalue weighted by atomic mass is 9.65. The number of nitrogens with zero attached hydrogens (tertiary/aromatic N) is 1. The van der Waals surface area contributed by atoms with Crippen LogP contribution in [0.2, 0.25) is 0 Å². The van der Waals surface area contributed by atoms with E-state index in [0.717, 1.165) is 4.88 Å². The van der Waals surface area contributed by atoms with Crippen molar-refractivity contribution >= 4 is 28.3 Å². The maximum atomic E-state index is 12.4. The van der Waals surface area contributed by atoms with Crippen LogP contribution < -0.4 is 10.4 Å². The fraction of sp³-hybridized carbons (Fsp3) is 0.643. The SMILES string of the molecule is Cc1cnc(NC(=O)[C@H]2CC[C@](C)(C(=O)[O-])C2(C)C)s1. The van der Waals surface area contributed by atoms with E-state index in [1.165, 1.54) is 11.3 Å². The highest BCUT2D eigenvalue weighted by molar-refractivity contribution is 7.15. The highest BCUT2D eigenvalue weighted by Gasteiger charge is 2.54. The molecule has 5 nitrogen and oxygen atoms in total. The van der Waals surface area contributed by atoms with Crippen molar-refractivity contribution in [3.63, 3.8) is 0 Å². The van der Waals surface area contributed by atoms with Crippen LogP contribution in [0.15, 0.2) is 6.20 Å². The predicted molar refractivity (Wildman–Crippen MR) is 75.1 cm³/mol. The van der Waals surface area contributed by atoms with Crippen LogP contribution in [-0.4, -0.2) is 16.9 Å². The number of aryl methyl sites for hydroxylation is 1. The van der Waals surface area contributed by atoms with Crippen molar-refractivity contribution in [2.45, 2.75) is 40.5 Å². The number of carboxylic acid groups (broad SMARTS) is 1. The van der Waals surface area contributed by atoms with Crippen molar-refractivity contribution in [1.29, 1.82) is 0 Å². The molecule has 1 aromatic rings. The van der Waals surface area contributed by atoms with Gasteiger partial charge in [0.15, 0.2) is 5.13 Å². The monoisotopic (exact) mass is 295 g/mol. The number of carbonyl (C=O) groups excluding carboxylic acids is 2. The Balaban J connectivity index is 2.18. The lowest BCUT2D eigenvalue weighted by Crippen LogP contribution is -2.49. The van der Waals surface area contributed by atoms with Gasteiger partial charge in [-0.15, -0.1) is 11.3 Å². The number of carboxylic acids is 1. The van der Waals surface area contributed by atoms with E-state index in [1.807, 2.05) is 20.8 Å². The van der Waals surface area contributed by atoms with E-state index in [9.17, 15) is 14.7 Å². The molecular weight excluding hydrogens is 276 g/mol. The second kappa shape index (κ2) is 4.84. The molecule has 2 atom stereocenters. The number of thiazole rings is 1. The number of carbonyl (C=O) groups is 2. The zero-order valence-electron chi connectivity index (χ0n) is 12.1. The maximum absolute atomic E-state index is 12.4. The lowest BCUT2D eigenvalue weighted by Gasteiger charge is -2.41. The van der Waals surface area contributed by atoms with Crippen molar-refractivity contribution in [2.75, 3.05) is 5.32 Å². The topological polar surface area (TPSA) is 82.1 Å². The van der Waals surface area contributed by atoms with E-state index in [-0.39, 0.29) is 11.8 Å². The molecule has 0 spiro atoms. The van der Waals surface area contributed by atoms with Crippen molar-refractivity contribution < 1.29 is 14.7 Å². The van der Waals surface area contributed by atoms with Gasteiger partial charge >= 0.3 is 0 Å². The van der Waals surface area contributed by atoms with Crippen LogP contribution in [0.1, 0.15) is 38.5 Å². The van der Waals surface area contributed by atoms with Gasteiger partial charge in [-0.2, -0.15) is 0 Å². The van der Waals surface area contributed by atoms with Gasteiger partial charge in [0.2, 0.25) is 5.91 Å². The minimum atomic E-state index is -1.08. The second-order valence-corrected chi connectivity index (χ2v) is 7.43. The van der Waals surface area contributed by atoms with Crippen LogP contribution in [0.5, 0.6) is 0 Å². The van der Waals surface area contributed by atoms with Crippen LogP contribution >= 0.6 is 11.3 Å². The largest absolute Gasteiger partial charge is 0.550 e. The van der Waals surface area contributed by atoms with Crippen molar-refractivity contribution in [1.82, 2.24) is 4.98 Å². The third-order valence-corrected chi connectivity index (χ3v) is 5.67. The Labute approximate surface area is 122 Å². The first-order valence-corrected chi connectivity index (χ1v) is 7.45. The molecular formula is C14H19N2O3S-. The van der Waals surface area contributed by atoms with Gasteiger partial charge in [-0.1, -0.05) is 20.8 Å². The normalized spacial score (nSPS) is 28.3. The fourth-order valence-electron chi connectivity index (χ4n) is 2.93. The number of rotatable bonds is 3. The average Bonchev–Trinajstić information content (AvgIpc) is 2.83. The number of anilines is 1. The number of hydrogen-bond donors (Lipinski definition) is 1. The summed E-state index contributed by atoms with van der Waals surface area (Å²) in [4.78, 5) is 28.9. The van der Waals surface area contributed by atoms with Gasteiger partial charge < -0.3 is 15.2 Å². The third kappa shape index (κ3) is 2.22. The standard InChI is InChI=1S/C14H20N2O3S/c1-8-7-15-12(20-8)16-10(17)9-5-6-14(4,11(18)19)13(9,2)3/h7,9H,5-6H2,1-4H3,(H,18,19)(H,15,16,17)/p-1/t9-,14-/m1/s1. The Kier molecular flexibility index (Phi) is 3.62. The molecule has 1 amide bonds. The number of aromatic nitrogens is 1. The first-order valence-electron chi connectivity index (χ1n) is 6.63. The molecule has 1 heterocycles. The highest BCUT2D eigenvalue weighted by atomic mass is 32.1. The first-order chi connectivity index (χ1) is 9.18. The van der Waals surface area contributed by atoms with Crippen LogP contribution in [0.25, 0.3) is 0 Å². The van der Waals surface area contributed by atoms with Gasteiger partial charge in [-0.3, -0.25) is 4.79 Å². The van der Waals surface area contributed by atoms with E-state index >= 15 is 0 Å². The molecule has 110 valence electrons. The lowest BCUT2D eigenvalue weighted by molar-refractivity contribution is -0.323. The Morgan fingerprint density at radius 3 is 2.55 bits per heavy atom. The fourth-order valence-corrected chi connectivity index (χ4v) is 3.60. The molecule has 1 aromatic heterocycles. The van der Waals surface area contributed by atoms with E-state index in [1.54, 1.807) is 13.1 Å². The Morgan fingerprint density at radius 1 is 1.45 bits per heavy atom. The Hall–Kier alpha value is -1.43. The predicted octanol–water partition coefficient (Wildman–Crippen LogP) is 1.58. The molecule has 1 fully saturated rings. The minimum absolute atomic E-state index is 0.158. The molecule has 0 saturated heterocycles. The third-order valence-electron chi connectivity index (χ3n) is 4.84. The molecule has 1 saturated carbocycles. The summed E-state index contributed by atoms with van der Waals surface area (Å²) in [6, 6.07) is 0. The van der Waals surface area contributed by atoms with Crippen molar-refractivity contribution in [2.24, 2.45) is 16.7 Å². The van der Waals surface area contributed by atoms with Gasteiger partial charge in [0, 0.05) is 28.4 Å². The quantitative estimate of drug-likeness (QED) is 0.918. The summed E-state index contributed by atoms with van der Waals surface area (Å²) in [5.74, 6) is -1.59. The minimum Gasteiger partial charge on any atom is -0.550 e. The van der Waals surface area contributed by atoms with Crippen LogP contribution in [-0.2, 0) is 9.59 Å². The van der Waals surface area contributed by atoms with Gasteiger partial charge in [0.25, 0.3) is 0 Å². The zero-order valence-corrected chi connectivity index (χ0v) is 13.0. The van der Waals surface area contributed by atoms with E-state index < -0.39 is 16.8 Å². The summed E-state index contributed by atoms with van der Waals surface area (Å²) in [6.07, 6.45) is 2.70. The molecule has 20 heavy (non-hydrogen) atoms. The van der Waals surface area contributed by atoms with Crippen LogP contribution in [0, 0.1) is 23.7 Å². The second-order valence-electron chi connectivity index (χ2n) is 6.20. The molecule has 2 rings (SSSR count). The van der Waals surface area contributed by atoms with Gasteiger partial charge in [0.05, 0.1) is 0 Å². The smallest absolute Gasteiger partial charge is 0.229 e. The summed E-state index contributed by atoms with van der Waals surface area (Å²) in [7, 11) is 0. The molecule has 0 radical (unpaired) electrons. The van der Waals surface area contributed by atoms with Gasteiger partial charge in [-0.05, 0) is 25.2 Å². The van der Waals surface area contributed by atoms with Crippen molar-refractivity contribution in [3.05, 3.63) is 11.1 Å². The summed E-state index contributed by atoms with van der Waals surface area (Å²) in [5, 5.41) is 14.8. The molecule has 0 aromatic carbocycles. The van der Waals surface area contributed by atoms with Crippen molar-refractivity contribution in [3.8, 4) is 0 Å². The average molecular weight is 295 g/mol. The summed E-state index contributed by atoms with van der Waals surface area (Å²) < 4.78 is 0. The van der Waals surface area contributed by atoms with E-state index in [0.29, 0.717) is 18.0 Å². The molecule has 0 bridgehead atoms. The molecule has 0 unspecified atom stereocenters. The highest BCUT2D eigenvalue weighted by Crippen LogP contribution is 2.55. The number of hydrogen-bond acceptors (Lipinski definition) is 5. The molecule has 1 aliphatic carbocycles. The van der Waals surface area contributed by atoms with Gasteiger partial charge in [-0.25, -0.2) is 4.98 Å². The molecule has 0 aliphatic heterocycles. The maximum Gasteiger partial charge on any atom is 0.229 e. The summed E-state index contributed by atoms with van der Waals surface area (Å²) in [5.41, 5.74) is -1.63. The Bertz CT molecular complexity index is 552. The zero-order chi connectivity index (χ0) is 15.1. The molecule has 1 aliphatic rings. The molecule has 6 heteroatoms. The van der Waals surface area contributed by atoms with Crippen LogP contribution in [0.3, 0.4) is 0 Å². The number of amides is 1. The Morgan fingerprint density at radius 2 is 2.10 bits per heavy atom. The number of aliphatic carboxylic acids is 1. The van der Waals surface area contributed by atoms with E-state index in [4.69, 9.17) is 0 Å². The van der Waals surface area contributed by atoms with E-state index in [2.05, 4.69) is 10.3 Å². The number of nitrogens with one attached hydrogen (secondary N) is 1. The summed E-state index contributed by atoms with van der Waals surface area (Å²) in [6.45, 7) is 7.24. The van der Waals surface area contributed by atoms with Gasteiger partial charge in [0.1, 0.15) is 0 Å². The van der Waals surface area contributed by atoms with Crippen LogP contribution in [0.4, 0.5) is 5.13 Å². The molecule has 1 N–H and O–H groups in total.